The number of likely N-dealkylation sites (tertiary alicyclic amines) is 1. The van der Waals surface area contributed by atoms with E-state index >= 15 is 0 Å². The second kappa shape index (κ2) is 10.4. The zero-order chi connectivity index (χ0) is 24.1. The Kier molecular flexibility index (Phi) is 7.09. The van der Waals surface area contributed by atoms with Gasteiger partial charge < -0.3 is 19.5 Å². The van der Waals surface area contributed by atoms with Crippen molar-refractivity contribution in [3.8, 4) is 5.75 Å². The minimum absolute atomic E-state index is 0.0701. The first-order valence-electron chi connectivity index (χ1n) is 11.1. The molecular weight excluding hydrogens is 430 g/mol. The molecule has 6 heteroatoms. The highest BCUT2D eigenvalue weighted by atomic mass is 16.5. The molecule has 4 rings (SSSR count). The summed E-state index contributed by atoms with van der Waals surface area (Å²) in [5, 5.41) is 11.1. The van der Waals surface area contributed by atoms with Gasteiger partial charge in [-0.25, -0.2) is 0 Å². The molecule has 0 radical (unpaired) electrons. The van der Waals surface area contributed by atoms with Gasteiger partial charge in [0.2, 0.25) is 0 Å². The molecule has 1 N–H and O–H groups in total. The predicted molar refractivity (Wildman–Crippen MR) is 129 cm³/mol. The van der Waals surface area contributed by atoms with Gasteiger partial charge in [-0.2, -0.15) is 0 Å². The summed E-state index contributed by atoms with van der Waals surface area (Å²) >= 11 is 0. The van der Waals surface area contributed by atoms with Crippen LogP contribution < -0.4 is 4.74 Å². The predicted octanol–water partition coefficient (Wildman–Crippen LogP) is 4.64. The summed E-state index contributed by atoms with van der Waals surface area (Å²) in [4.78, 5) is 27.2. The van der Waals surface area contributed by atoms with Gasteiger partial charge in [0.25, 0.3) is 11.7 Å². The van der Waals surface area contributed by atoms with Crippen LogP contribution in [0.3, 0.4) is 0 Å². The van der Waals surface area contributed by atoms with Gasteiger partial charge in [-0.05, 0) is 42.3 Å². The zero-order valence-electron chi connectivity index (χ0n) is 19.2. The summed E-state index contributed by atoms with van der Waals surface area (Å²) in [5.74, 6) is -0.927. The number of methoxy groups -OCH3 is 1. The van der Waals surface area contributed by atoms with E-state index in [4.69, 9.17) is 9.47 Å². The van der Waals surface area contributed by atoms with Crippen LogP contribution in [0.2, 0.25) is 0 Å². The molecule has 1 heterocycles. The van der Waals surface area contributed by atoms with Gasteiger partial charge in [0, 0.05) is 19.2 Å². The number of ether oxygens (including phenoxy) is 2. The summed E-state index contributed by atoms with van der Waals surface area (Å²) < 4.78 is 11.0. The molecule has 3 aromatic carbocycles. The van der Waals surface area contributed by atoms with Crippen LogP contribution in [0.4, 0.5) is 0 Å². The average molecular weight is 458 g/mol. The fourth-order valence-corrected chi connectivity index (χ4v) is 4.12. The molecule has 0 saturated carbocycles. The third kappa shape index (κ3) is 4.87. The summed E-state index contributed by atoms with van der Waals surface area (Å²) in [6.07, 6.45) is 0. The van der Waals surface area contributed by atoms with Gasteiger partial charge in [-0.1, -0.05) is 60.2 Å². The molecule has 1 amide bonds. The number of hydrogen-bond donors (Lipinski definition) is 1. The Morgan fingerprint density at radius 2 is 1.71 bits per heavy atom. The highest BCUT2D eigenvalue weighted by Crippen LogP contribution is 2.39. The van der Waals surface area contributed by atoms with E-state index in [0.29, 0.717) is 17.9 Å². The first-order valence-corrected chi connectivity index (χ1v) is 11.1. The third-order valence-corrected chi connectivity index (χ3v) is 5.81. The van der Waals surface area contributed by atoms with Gasteiger partial charge in [0.05, 0.1) is 18.2 Å². The van der Waals surface area contributed by atoms with Crippen LogP contribution in [-0.4, -0.2) is 42.0 Å². The number of carbonyl (C=O) groups excluding carboxylic acids is 2. The van der Waals surface area contributed by atoms with Crippen LogP contribution >= 0.6 is 0 Å². The number of rotatable bonds is 8. The Hall–Kier alpha value is -3.90. The van der Waals surface area contributed by atoms with Crippen molar-refractivity contribution in [1.82, 2.24) is 4.90 Å². The van der Waals surface area contributed by atoms with Gasteiger partial charge in [-0.3, -0.25) is 9.59 Å². The number of carbonyl (C=O) groups is 2. The minimum atomic E-state index is -0.706. The number of nitrogens with zero attached hydrogens (tertiary/aromatic N) is 1. The molecule has 0 bridgehead atoms. The SMILES string of the molecule is COCCN1C(=O)C(=O)C(=C(O)c2ccc(OCc3cccc(C)c3)cc2)[C@@H]1c1ccccc1. The molecule has 1 saturated heterocycles. The maximum absolute atomic E-state index is 13.0. The molecule has 0 unspecified atom stereocenters. The fourth-order valence-electron chi connectivity index (χ4n) is 4.12. The number of aryl methyl sites for hydroxylation is 1. The molecule has 34 heavy (non-hydrogen) atoms. The molecule has 174 valence electrons. The van der Waals surface area contributed by atoms with Gasteiger partial charge in [0.15, 0.2) is 0 Å². The molecule has 1 aliphatic heterocycles. The topological polar surface area (TPSA) is 76.1 Å². The Bertz CT molecular complexity index is 1200. The van der Waals surface area contributed by atoms with Gasteiger partial charge >= 0.3 is 0 Å². The van der Waals surface area contributed by atoms with Gasteiger partial charge in [-0.15, -0.1) is 0 Å². The van der Waals surface area contributed by atoms with Crippen LogP contribution in [0.1, 0.15) is 28.3 Å². The number of hydrogen-bond acceptors (Lipinski definition) is 5. The minimum Gasteiger partial charge on any atom is -0.507 e. The Labute approximate surface area is 199 Å². The Morgan fingerprint density at radius 3 is 2.38 bits per heavy atom. The van der Waals surface area contributed by atoms with Crippen LogP contribution in [0.15, 0.2) is 84.4 Å². The van der Waals surface area contributed by atoms with Crippen molar-refractivity contribution in [2.75, 3.05) is 20.3 Å². The van der Waals surface area contributed by atoms with Crippen molar-refractivity contribution in [1.29, 1.82) is 0 Å². The highest BCUT2D eigenvalue weighted by molar-refractivity contribution is 6.46. The molecule has 1 fully saturated rings. The molecule has 3 aromatic rings. The van der Waals surface area contributed by atoms with Crippen LogP contribution in [0, 0.1) is 6.92 Å². The quantitative estimate of drug-likeness (QED) is 0.303. The number of ketones is 1. The molecule has 1 aliphatic rings. The van der Waals surface area contributed by atoms with Crippen molar-refractivity contribution in [3.05, 3.63) is 107 Å². The van der Waals surface area contributed by atoms with Crippen molar-refractivity contribution in [2.24, 2.45) is 0 Å². The van der Waals surface area contributed by atoms with Crippen molar-refractivity contribution in [3.63, 3.8) is 0 Å². The normalized spacial score (nSPS) is 17.2. The van der Waals surface area contributed by atoms with Crippen molar-refractivity contribution in [2.45, 2.75) is 19.6 Å². The lowest BCUT2D eigenvalue weighted by Gasteiger charge is -2.25. The van der Waals surface area contributed by atoms with Crippen LogP contribution in [-0.2, 0) is 20.9 Å². The molecule has 6 nitrogen and oxygen atoms in total. The lowest BCUT2D eigenvalue weighted by molar-refractivity contribution is -0.140. The fraction of sp³-hybridized carbons (Fsp3) is 0.214. The lowest BCUT2D eigenvalue weighted by atomic mass is 9.95. The molecule has 0 spiro atoms. The molecule has 1 atom stereocenters. The van der Waals surface area contributed by atoms with Crippen LogP contribution in [0.5, 0.6) is 5.75 Å². The van der Waals surface area contributed by atoms with Crippen LogP contribution in [0.25, 0.3) is 5.76 Å². The van der Waals surface area contributed by atoms with E-state index in [2.05, 4.69) is 6.07 Å². The average Bonchev–Trinajstić information content (AvgIpc) is 3.11. The largest absolute Gasteiger partial charge is 0.507 e. The lowest BCUT2D eigenvalue weighted by Crippen LogP contribution is -2.32. The standard InChI is InChI=1S/C28H27NO5/c1-19-7-6-8-20(17-19)18-34-23-13-11-22(12-14-23)26(30)24-25(21-9-4-3-5-10-21)29(15-16-33-2)28(32)27(24)31/h3-14,17,25,30H,15-16,18H2,1-2H3/t25-/m0/s1. The van der Waals surface area contributed by atoms with E-state index in [1.165, 1.54) is 12.0 Å². The number of aliphatic hydroxyl groups is 1. The van der Waals surface area contributed by atoms with E-state index in [9.17, 15) is 14.7 Å². The second-order valence-electron chi connectivity index (χ2n) is 8.20. The van der Waals surface area contributed by atoms with E-state index in [1.807, 2.05) is 55.5 Å². The Morgan fingerprint density at radius 1 is 0.971 bits per heavy atom. The first kappa shape index (κ1) is 23.3. The van der Waals surface area contributed by atoms with Crippen molar-refractivity contribution >= 4 is 17.4 Å². The summed E-state index contributed by atoms with van der Waals surface area (Å²) in [7, 11) is 1.54. The third-order valence-electron chi connectivity index (χ3n) is 5.81. The molecule has 0 aromatic heterocycles. The first-order chi connectivity index (χ1) is 16.5. The van der Waals surface area contributed by atoms with E-state index in [1.54, 1.807) is 24.3 Å². The number of Topliss-reactive ketones (excluding diaryl/α,β-unsaturated/α-hetero) is 1. The van der Waals surface area contributed by atoms with Gasteiger partial charge in [0.1, 0.15) is 18.1 Å². The maximum Gasteiger partial charge on any atom is 0.295 e. The smallest absolute Gasteiger partial charge is 0.295 e. The summed E-state index contributed by atoms with van der Waals surface area (Å²) in [5.41, 5.74) is 3.48. The monoisotopic (exact) mass is 457 g/mol. The van der Waals surface area contributed by atoms with Crippen molar-refractivity contribution < 1.29 is 24.2 Å². The zero-order valence-corrected chi connectivity index (χ0v) is 19.2. The summed E-state index contributed by atoms with van der Waals surface area (Å²) in [6, 6.07) is 23.5. The molecule has 0 aliphatic carbocycles. The summed E-state index contributed by atoms with van der Waals surface area (Å²) in [6.45, 7) is 2.97. The van der Waals surface area contributed by atoms with E-state index in [-0.39, 0.29) is 24.5 Å². The molecular formula is C28H27NO5. The second-order valence-corrected chi connectivity index (χ2v) is 8.20. The number of aliphatic hydroxyl groups excluding tert-OH is 1. The number of amides is 1. The van der Waals surface area contributed by atoms with E-state index in [0.717, 1.165) is 16.7 Å². The number of benzene rings is 3. The maximum atomic E-state index is 13.0. The van der Waals surface area contributed by atoms with E-state index < -0.39 is 17.7 Å². The highest BCUT2D eigenvalue weighted by Gasteiger charge is 2.45. The Balaban J connectivity index is 1.62.